The summed E-state index contributed by atoms with van der Waals surface area (Å²) in [6, 6.07) is 2.86. The second-order valence-electron chi connectivity index (χ2n) is 3.46. The summed E-state index contributed by atoms with van der Waals surface area (Å²) in [7, 11) is 2.85. The van der Waals surface area contributed by atoms with E-state index in [4.69, 9.17) is 9.47 Å². The fourth-order valence-corrected chi connectivity index (χ4v) is 1.66. The van der Waals surface area contributed by atoms with Crippen LogP contribution in [0.1, 0.15) is 11.7 Å². The third-order valence-electron chi connectivity index (χ3n) is 2.40. The number of thiol groups is 1. The lowest BCUT2D eigenvalue weighted by atomic mass is 10.0. The molecule has 5 nitrogen and oxygen atoms in total. The number of phenols is 1. The summed E-state index contributed by atoms with van der Waals surface area (Å²) in [4.78, 5) is 0. The first-order valence-electron chi connectivity index (χ1n) is 4.97. The van der Waals surface area contributed by atoms with Crippen LogP contribution in [-0.4, -0.2) is 41.4 Å². The molecule has 0 aliphatic heterocycles. The predicted octanol–water partition coefficient (Wildman–Crippen LogP) is 0.733. The quantitative estimate of drug-likeness (QED) is 0.587. The van der Waals surface area contributed by atoms with Crippen molar-refractivity contribution in [2.24, 2.45) is 0 Å². The van der Waals surface area contributed by atoms with Gasteiger partial charge in [0.2, 0.25) is 0 Å². The number of benzene rings is 1. The molecular formula is C11H16O5S. The van der Waals surface area contributed by atoms with E-state index in [9.17, 15) is 15.3 Å². The van der Waals surface area contributed by atoms with Gasteiger partial charge in [-0.3, -0.25) is 0 Å². The molecule has 0 radical (unpaired) electrons. The number of aromatic hydroxyl groups is 1. The highest BCUT2D eigenvalue weighted by Crippen LogP contribution is 2.38. The topological polar surface area (TPSA) is 79.2 Å². The van der Waals surface area contributed by atoms with Crippen molar-refractivity contribution in [1.82, 2.24) is 0 Å². The standard InChI is InChI=1S/C11H16O5S/c1-15-6-3-7(12)10(9(4-6)16-2)11(14)8(13)5-17/h3-4,8,11-14,17H,5H2,1-2H3. The minimum atomic E-state index is -1.27. The minimum Gasteiger partial charge on any atom is -0.507 e. The number of aliphatic hydroxyl groups is 2. The van der Waals surface area contributed by atoms with Gasteiger partial charge in [0.05, 0.1) is 25.9 Å². The van der Waals surface area contributed by atoms with Crippen LogP contribution in [0.5, 0.6) is 17.2 Å². The SMILES string of the molecule is COc1cc(O)c(C(O)C(O)CS)c(OC)c1. The molecule has 3 N–H and O–H groups in total. The molecule has 1 aromatic rings. The number of aliphatic hydroxyl groups excluding tert-OH is 2. The highest BCUT2D eigenvalue weighted by molar-refractivity contribution is 7.80. The lowest BCUT2D eigenvalue weighted by Gasteiger charge is -2.20. The van der Waals surface area contributed by atoms with Crippen LogP contribution in [0.25, 0.3) is 0 Å². The van der Waals surface area contributed by atoms with E-state index in [1.54, 1.807) is 0 Å². The summed E-state index contributed by atoms with van der Waals surface area (Å²) < 4.78 is 10.0. The van der Waals surface area contributed by atoms with Crippen molar-refractivity contribution >= 4 is 12.6 Å². The Hall–Kier alpha value is -1.11. The summed E-state index contributed by atoms with van der Waals surface area (Å²) in [6.45, 7) is 0. The summed E-state index contributed by atoms with van der Waals surface area (Å²) in [5, 5.41) is 29.2. The van der Waals surface area contributed by atoms with Gasteiger partial charge >= 0.3 is 0 Å². The van der Waals surface area contributed by atoms with Gasteiger partial charge in [0.1, 0.15) is 23.4 Å². The van der Waals surface area contributed by atoms with Crippen molar-refractivity contribution in [3.8, 4) is 17.2 Å². The van der Waals surface area contributed by atoms with Crippen molar-refractivity contribution in [3.05, 3.63) is 17.7 Å². The number of ether oxygens (including phenoxy) is 2. The van der Waals surface area contributed by atoms with E-state index < -0.39 is 12.2 Å². The van der Waals surface area contributed by atoms with Gasteiger partial charge in [-0.2, -0.15) is 12.6 Å². The molecule has 96 valence electrons. The molecule has 0 aliphatic rings. The number of rotatable bonds is 5. The van der Waals surface area contributed by atoms with Gasteiger partial charge in [-0.25, -0.2) is 0 Å². The molecule has 1 rings (SSSR count). The Balaban J connectivity index is 3.22. The lowest BCUT2D eigenvalue weighted by molar-refractivity contribution is 0.0306. The molecule has 6 heteroatoms. The maximum atomic E-state index is 9.87. The smallest absolute Gasteiger partial charge is 0.132 e. The van der Waals surface area contributed by atoms with Gasteiger partial charge < -0.3 is 24.8 Å². The van der Waals surface area contributed by atoms with Crippen LogP contribution in [0.2, 0.25) is 0 Å². The average Bonchev–Trinajstić information content (AvgIpc) is 2.35. The summed E-state index contributed by atoms with van der Waals surface area (Å²) in [5.41, 5.74) is 0.120. The van der Waals surface area contributed by atoms with E-state index in [0.717, 1.165) is 0 Å². The zero-order valence-electron chi connectivity index (χ0n) is 9.62. The van der Waals surface area contributed by atoms with Crippen LogP contribution in [-0.2, 0) is 0 Å². The van der Waals surface area contributed by atoms with Crippen LogP contribution in [0.15, 0.2) is 12.1 Å². The molecule has 17 heavy (non-hydrogen) atoms. The molecule has 0 bridgehead atoms. The Kier molecular flexibility index (Phi) is 4.92. The molecular weight excluding hydrogens is 244 g/mol. The molecule has 2 atom stereocenters. The second kappa shape index (κ2) is 6.00. The van der Waals surface area contributed by atoms with E-state index in [1.807, 2.05) is 0 Å². The predicted molar refractivity (Wildman–Crippen MR) is 66.0 cm³/mol. The van der Waals surface area contributed by atoms with Gasteiger partial charge in [0, 0.05) is 17.9 Å². The van der Waals surface area contributed by atoms with E-state index in [2.05, 4.69) is 12.6 Å². The first-order chi connectivity index (χ1) is 8.04. The van der Waals surface area contributed by atoms with Crippen LogP contribution < -0.4 is 9.47 Å². The van der Waals surface area contributed by atoms with Crippen molar-refractivity contribution < 1.29 is 24.8 Å². The third-order valence-corrected chi connectivity index (χ3v) is 2.77. The summed E-state index contributed by atoms with van der Waals surface area (Å²) in [5.74, 6) is 0.510. The van der Waals surface area contributed by atoms with Gasteiger partial charge in [-0.05, 0) is 0 Å². The van der Waals surface area contributed by atoms with Crippen molar-refractivity contribution in [1.29, 1.82) is 0 Å². The van der Waals surface area contributed by atoms with Crippen LogP contribution in [0, 0.1) is 0 Å². The van der Waals surface area contributed by atoms with Gasteiger partial charge in [-0.15, -0.1) is 0 Å². The maximum absolute atomic E-state index is 9.87. The highest BCUT2D eigenvalue weighted by atomic mass is 32.1. The summed E-state index contributed by atoms with van der Waals surface area (Å²) >= 11 is 3.88. The molecule has 0 saturated carbocycles. The van der Waals surface area contributed by atoms with Crippen molar-refractivity contribution in [2.75, 3.05) is 20.0 Å². The van der Waals surface area contributed by atoms with Gasteiger partial charge in [0.25, 0.3) is 0 Å². The molecule has 2 unspecified atom stereocenters. The molecule has 0 aromatic heterocycles. The van der Waals surface area contributed by atoms with Crippen molar-refractivity contribution in [3.63, 3.8) is 0 Å². The average molecular weight is 260 g/mol. The van der Waals surface area contributed by atoms with E-state index >= 15 is 0 Å². The van der Waals surface area contributed by atoms with E-state index in [0.29, 0.717) is 5.75 Å². The fourth-order valence-electron chi connectivity index (χ4n) is 1.46. The van der Waals surface area contributed by atoms with Crippen molar-refractivity contribution in [2.45, 2.75) is 12.2 Å². The van der Waals surface area contributed by atoms with E-state index in [-0.39, 0.29) is 22.8 Å². The maximum Gasteiger partial charge on any atom is 0.132 e. The number of hydrogen-bond donors (Lipinski definition) is 4. The Morgan fingerprint density at radius 3 is 2.35 bits per heavy atom. The van der Waals surface area contributed by atoms with Gasteiger partial charge in [0.15, 0.2) is 0 Å². The Bertz CT molecular complexity index is 382. The molecule has 0 amide bonds. The third kappa shape index (κ3) is 2.96. The second-order valence-corrected chi connectivity index (χ2v) is 3.82. The highest BCUT2D eigenvalue weighted by Gasteiger charge is 2.25. The Morgan fingerprint density at radius 1 is 1.24 bits per heavy atom. The largest absolute Gasteiger partial charge is 0.507 e. The van der Waals surface area contributed by atoms with Gasteiger partial charge in [-0.1, -0.05) is 0 Å². The lowest BCUT2D eigenvalue weighted by Crippen LogP contribution is -2.20. The monoisotopic (exact) mass is 260 g/mol. The van der Waals surface area contributed by atoms with E-state index in [1.165, 1.54) is 26.4 Å². The van der Waals surface area contributed by atoms with Crippen LogP contribution in [0.4, 0.5) is 0 Å². The molecule has 0 heterocycles. The number of phenolic OH excluding ortho intramolecular Hbond substituents is 1. The zero-order valence-corrected chi connectivity index (χ0v) is 10.5. The molecule has 0 aliphatic carbocycles. The molecule has 0 spiro atoms. The number of hydrogen-bond acceptors (Lipinski definition) is 6. The number of methoxy groups -OCH3 is 2. The normalized spacial score (nSPS) is 14.2. The zero-order chi connectivity index (χ0) is 13.0. The van der Waals surface area contributed by atoms with Crippen LogP contribution in [0.3, 0.4) is 0 Å². The Labute approximate surface area is 105 Å². The molecule has 0 saturated heterocycles. The molecule has 0 fully saturated rings. The Morgan fingerprint density at radius 2 is 1.88 bits per heavy atom. The summed E-state index contributed by atoms with van der Waals surface area (Å²) in [6.07, 6.45) is -2.36. The van der Waals surface area contributed by atoms with Crippen LogP contribution >= 0.6 is 12.6 Å². The first kappa shape index (κ1) is 14.0. The fraction of sp³-hybridized carbons (Fsp3) is 0.455. The molecule has 1 aromatic carbocycles. The first-order valence-corrected chi connectivity index (χ1v) is 5.60. The minimum absolute atomic E-state index is 0.0653.